The smallest absolute Gasteiger partial charge is 0.191 e. The molecule has 0 aliphatic heterocycles. The molecule has 2 aromatic rings. The Morgan fingerprint density at radius 2 is 2.07 bits per heavy atom. The van der Waals surface area contributed by atoms with Gasteiger partial charge in [-0.15, -0.1) is 10.2 Å². The molecule has 0 bridgehead atoms. The average molecular weight is 435 g/mol. The van der Waals surface area contributed by atoms with Crippen LogP contribution in [0.1, 0.15) is 44.4 Å². The number of ether oxygens (including phenoxy) is 1. The van der Waals surface area contributed by atoms with Crippen molar-refractivity contribution in [1.29, 1.82) is 0 Å². The Morgan fingerprint density at radius 3 is 2.73 bits per heavy atom. The minimum Gasteiger partial charge on any atom is -0.382 e. The van der Waals surface area contributed by atoms with Crippen LogP contribution in [0.4, 0.5) is 0 Å². The fourth-order valence-corrected chi connectivity index (χ4v) is 3.24. The predicted molar refractivity (Wildman–Crippen MR) is 123 cm³/mol. The number of aryl methyl sites for hydroxylation is 1. The lowest BCUT2D eigenvalue weighted by Crippen LogP contribution is -2.43. The highest BCUT2D eigenvalue weighted by molar-refractivity contribution is 6.30. The quantitative estimate of drug-likeness (QED) is 0.321. The van der Waals surface area contributed by atoms with Crippen molar-refractivity contribution in [3.63, 3.8) is 0 Å². The molecule has 0 unspecified atom stereocenters. The van der Waals surface area contributed by atoms with Gasteiger partial charge in [0.2, 0.25) is 0 Å². The standard InChI is InChI=1S/C22H35ClN6O/c1-6-30-12-8-11-24-21(25-15-20-28-27-17(2)29(20)5)26-16-22(3,4)14-18-9-7-10-19(23)13-18/h7,9-10,13H,6,8,11-12,14-16H2,1-5H3,(H2,24,25,26). The second-order valence-corrected chi connectivity index (χ2v) is 8.63. The first kappa shape index (κ1) is 24.2. The molecule has 0 radical (unpaired) electrons. The lowest BCUT2D eigenvalue weighted by Gasteiger charge is -2.26. The number of guanidine groups is 1. The molecule has 1 heterocycles. The fourth-order valence-electron chi connectivity index (χ4n) is 3.02. The molecule has 0 fully saturated rings. The lowest BCUT2D eigenvalue weighted by atomic mass is 9.86. The third kappa shape index (κ3) is 8.32. The van der Waals surface area contributed by atoms with Crippen LogP contribution in [0, 0.1) is 12.3 Å². The Hall–Kier alpha value is -2.12. The van der Waals surface area contributed by atoms with E-state index >= 15 is 0 Å². The largest absolute Gasteiger partial charge is 0.382 e. The highest BCUT2D eigenvalue weighted by Gasteiger charge is 2.19. The van der Waals surface area contributed by atoms with Crippen molar-refractivity contribution in [3.05, 3.63) is 46.5 Å². The number of aliphatic imine (C=N–C) groups is 1. The van der Waals surface area contributed by atoms with E-state index in [2.05, 4.69) is 40.7 Å². The fraction of sp³-hybridized carbons (Fsp3) is 0.591. The Labute approximate surface area is 185 Å². The summed E-state index contributed by atoms with van der Waals surface area (Å²) in [4.78, 5) is 4.72. The van der Waals surface area contributed by atoms with Crippen LogP contribution in [0.2, 0.25) is 5.02 Å². The molecule has 0 saturated heterocycles. The molecule has 2 N–H and O–H groups in total. The summed E-state index contributed by atoms with van der Waals surface area (Å²) in [5.74, 6) is 2.48. The van der Waals surface area contributed by atoms with Crippen molar-refractivity contribution >= 4 is 17.6 Å². The first-order chi connectivity index (χ1) is 14.3. The predicted octanol–water partition coefficient (Wildman–Crippen LogP) is 3.51. The SMILES string of the molecule is CCOCCCNC(=NCc1nnc(C)n1C)NCC(C)(C)Cc1cccc(Cl)c1. The van der Waals surface area contributed by atoms with Crippen molar-refractivity contribution in [1.82, 2.24) is 25.4 Å². The van der Waals surface area contributed by atoms with Crippen LogP contribution in [0.3, 0.4) is 0 Å². The molecule has 166 valence electrons. The second-order valence-electron chi connectivity index (χ2n) is 8.19. The summed E-state index contributed by atoms with van der Waals surface area (Å²) in [5.41, 5.74) is 1.26. The molecule has 0 aliphatic rings. The molecular formula is C22H35ClN6O. The summed E-state index contributed by atoms with van der Waals surface area (Å²) in [6.07, 6.45) is 1.84. The number of nitrogens with zero attached hydrogens (tertiary/aromatic N) is 4. The molecule has 7 nitrogen and oxygen atoms in total. The maximum absolute atomic E-state index is 6.14. The Balaban J connectivity index is 1.97. The van der Waals surface area contributed by atoms with Gasteiger partial charge >= 0.3 is 0 Å². The number of benzene rings is 1. The number of hydrogen-bond donors (Lipinski definition) is 2. The van der Waals surface area contributed by atoms with Gasteiger partial charge in [0.15, 0.2) is 11.8 Å². The third-order valence-corrected chi connectivity index (χ3v) is 5.06. The first-order valence-corrected chi connectivity index (χ1v) is 10.9. The summed E-state index contributed by atoms with van der Waals surface area (Å²) >= 11 is 6.14. The van der Waals surface area contributed by atoms with Gasteiger partial charge in [-0.3, -0.25) is 0 Å². The van der Waals surface area contributed by atoms with E-state index in [1.807, 2.05) is 43.7 Å². The first-order valence-electron chi connectivity index (χ1n) is 10.5. The van der Waals surface area contributed by atoms with Crippen LogP contribution < -0.4 is 10.6 Å². The van der Waals surface area contributed by atoms with Crippen LogP contribution >= 0.6 is 11.6 Å². The van der Waals surface area contributed by atoms with Crippen LogP contribution in [-0.4, -0.2) is 47.0 Å². The Kier molecular flexibility index (Phi) is 9.59. The van der Waals surface area contributed by atoms with Crippen LogP contribution in [0.5, 0.6) is 0 Å². The molecule has 1 aromatic carbocycles. The van der Waals surface area contributed by atoms with E-state index in [0.717, 1.165) is 61.8 Å². The van der Waals surface area contributed by atoms with E-state index in [0.29, 0.717) is 6.54 Å². The number of rotatable bonds is 11. The van der Waals surface area contributed by atoms with Crippen LogP contribution in [0.15, 0.2) is 29.3 Å². The van der Waals surface area contributed by atoms with Crippen LogP contribution in [0.25, 0.3) is 0 Å². The van der Waals surface area contributed by atoms with Gasteiger partial charge in [0.05, 0.1) is 0 Å². The molecule has 30 heavy (non-hydrogen) atoms. The molecule has 0 amide bonds. The Morgan fingerprint density at radius 1 is 1.27 bits per heavy atom. The van der Waals surface area contributed by atoms with Gasteiger partial charge in [0.1, 0.15) is 12.4 Å². The highest BCUT2D eigenvalue weighted by Crippen LogP contribution is 2.22. The molecule has 2 rings (SSSR count). The third-order valence-electron chi connectivity index (χ3n) is 4.83. The minimum atomic E-state index is 0.0276. The van der Waals surface area contributed by atoms with E-state index in [1.165, 1.54) is 5.56 Å². The van der Waals surface area contributed by atoms with Crippen molar-refractivity contribution in [2.45, 2.75) is 47.1 Å². The summed E-state index contributed by atoms with van der Waals surface area (Å²) in [5, 5.41) is 16.0. The van der Waals surface area contributed by atoms with E-state index in [-0.39, 0.29) is 5.41 Å². The molecule has 0 spiro atoms. The van der Waals surface area contributed by atoms with Gasteiger partial charge in [-0.1, -0.05) is 37.6 Å². The summed E-state index contributed by atoms with van der Waals surface area (Å²) < 4.78 is 7.38. The van der Waals surface area contributed by atoms with Gasteiger partial charge < -0.3 is 19.9 Å². The Bertz CT molecular complexity index is 818. The van der Waals surface area contributed by atoms with E-state index < -0.39 is 0 Å². The molecule has 0 atom stereocenters. The van der Waals surface area contributed by atoms with Gasteiger partial charge in [0.25, 0.3) is 0 Å². The van der Waals surface area contributed by atoms with Crippen molar-refractivity contribution < 1.29 is 4.74 Å². The zero-order chi connectivity index (χ0) is 22.0. The maximum atomic E-state index is 6.14. The number of nitrogens with one attached hydrogen (secondary N) is 2. The zero-order valence-corrected chi connectivity index (χ0v) is 19.6. The molecular weight excluding hydrogens is 400 g/mol. The average Bonchev–Trinajstić information content (AvgIpc) is 3.01. The van der Waals surface area contributed by atoms with E-state index in [4.69, 9.17) is 21.3 Å². The van der Waals surface area contributed by atoms with Crippen molar-refractivity contribution in [3.8, 4) is 0 Å². The molecule has 0 saturated carbocycles. The zero-order valence-electron chi connectivity index (χ0n) is 18.8. The molecule has 0 aliphatic carbocycles. The monoisotopic (exact) mass is 434 g/mol. The summed E-state index contributed by atoms with van der Waals surface area (Å²) in [7, 11) is 1.96. The van der Waals surface area contributed by atoms with Gasteiger partial charge in [-0.2, -0.15) is 0 Å². The van der Waals surface area contributed by atoms with E-state index in [9.17, 15) is 0 Å². The second kappa shape index (κ2) is 11.9. The van der Waals surface area contributed by atoms with Gasteiger partial charge in [-0.05, 0) is 49.8 Å². The maximum Gasteiger partial charge on any atom is 0.191 e. The van der Waals surface area contributed by atoms with Crippen molar-refractivity contribution in [2.75, 3.05) is 26.3 Å². The molecule has 8 heteroatoms. The number of halogens is 1. The lowest BCUT2D eigenvalue weighted by molar-refractivity contribution is 0.145. The van der Waals surface area contributed by atoms with Gasteiger partial charge in [0, 0.05) is 38.4 Å². The number of aromatic nitrogens is 3. The van der Waals surface area contributed by atoms with Crippen molar-refractivity contribution in [2.24, 2.45) is 17.5 Å². The van der Waals surface area contributed by atoms with E-state index in [1.54, 1.807) is 0 Å². The number of hydrogen-bond acceptors (Lipinski definition) is 4. The van der Waals surface area contributed by atoms with Gasteiger partial charge in [-0.25, -0.2) is 4.99 Å². The minimum absolute atomic E-state index is 0.0276. The summed E-state index contributed by atoms with van der Waals surface area (Å²) in [6.45, 7) is 11.9. The summed E-state index contributed by atoms with van der Waals surface area (Å²) in [6, 6.07) is 8.05. The highest BCUT2D eigenvalue weighted by atomic mass is 35.5. The topological polar surface area (TPSA) is 76.4 Å². The normalized spacial score (nSPS) is 12.3. The van der Waals surface area contributed by atoms with Crippen LogP contribution in [-0.2, 0) is 24.8 Å². The molecule has 1 aromatic heterocycles.